The Hall–Kier alpha value is -0.150. The molecule has 2 nitrogen and oxygen atoms in total. The van der Waals surface area contributed by atoms with E-state index < -0.39 is 12.3 Å². The monoisotopic (exact) mass is 147 g/mol. The molecule has 0 aromatic carbocycles. The van der Waals surface area contributed by atoms with E-state index in [9.17, 15) is 4.39 Å². The number of rotatable bonds is 1. The Bertz CT molecular complexity index is 110. The van der Waals surface area contributed by atoms with E-state index >= 15 is 0 Å². The van der Waals surface area contributed by atoms with E-state index in [-0.39, 0.29) is 0 Å². The molecule has 2 atom stereocenters. The van der Waals surface area contributed by atoms with Gasteiger partial charge in [-0.15, -0.1) is 0 Å². The summed E-state index contributed by atoms with van der Waals surface area (Å²) in [6.45, 7) is 4.21. The molecule has 0 spiro atoms. The minimum absolute atomic E-state index is 0.481. The van der Waals surface area contributed by atoms with Crippen LogP contribution in [0.2, 0.25) is 0 Å². The second-order valence-electron chi connectivity index (χ2n) is 2.77. The molecule has 60 valence electrons. The van der Waals surface area contributed by atoms with Gasteiger partial charge in [-0.05, 0) is 13.0 Å². The summed E-state index contributed by atoms with van der Waals surface area (Å²) in [5.41, 5.74) is 0. The Kier molecular flexibility index (Phi) is 2.63. The lowest BCUT2D eigenvalue weighted by molar-refractivity contribution is 0.00556. The van der Waals surface area contributed by atoms with E-state index in [1.807, 2.05) is 6.92 Å². The van der Waals surface area contributed by atoms with E-state index in [2.05, 4.69) is 4.90 Å². The van der Waals surface area contributed by atoms with Crippen LogP contribution in [0, 0.1) is 0 Å². The molecule has 0 bridgehead atoms. The Morgan fingerprint density at radius 2 is 2.40 bits per heavy atom. The predicted molar refractivity (Wildman–Crippen MR) is 37.6 cm³/mol. The molecule has 1 aliphatic rings. The molecular formula is C7H14FNO. The summed E-state index contributed by atoms with van der Waals surface area (Å²) in [6.07, 6.45) is -1.27. The van der Waals surface area contributed by atoms with Crippen molar-refractivity contribution in [3.8, 4) is 0 Å². The van der Waals surface area contributed by atoms with Crippen molar-refractivity contribution in [2.75, 3.05) is 19.6 Å². The smallest absolute Gasteiger partial charge is 0.128 e. The van der Waals surface area contributed by atoms with Gasteiger partial charge in [0.05, 0.1) is 6.10 Å². The van der Waals surface area contributed by atoms with Crippen LogP contribution in [0.15, 0.2) is 0 Å². The van der Waals surface area contributed by atoms with E-state index in [4.69, 9.17) is 5.11 Å². The van der Waals surface area contributed by atoms with Crippen LogP contribution in [0.1, 0.15) is 13.3 Å². The van der Waals surface area contributed by atoms with E-state index in [1.165, 1.54) is 0 Å². The first kappa shape index (κ1) is 7.95. The van der Waals surface area contributed by atoms with Gasteiger partial charge in [-0.1, -0.05) is 6.92 Å². The lowest BCUT2D eigenvalue weighted by Crippen LogP contribution is -2.44. The molecule has 0 aliphatic carbocycles. The zero-order valence-corrected chi connectivity index (χ0v) is 6.26. The van der Waals surface area contributed by atoms with Crippen LogP contribution >= 0.6 is 0 Å². The second-order valence-corrected chi connectivity index (χ2v) is 2.77. The van der Waals surface area contributed by atoms with Crippen LogP contribution in [0.3, 0.4) is 0 Å². The molecule has 0 saturated carbocycles. The third kappa shape index (κ3) is 1.67. The fraction of sp³-hybridized carbons (Fsp3) is 1.00. The summed E-state index contributed by atoms with van der Waals surface area (Å²) in [4.78, 5) is 2.06. The Balaban J connectivity index is 2.33. The third-order valence-electron chi connectivity index (χ3n) is 2.03. The van der Waals surface area contributed by atoms with Gasteiger partial charge >= 0.3 is 0 Å². The number of alkyl halides is 1. The molecule has 1 N–H and O–H groups in total. The van der Waals surface area contributed by atoms with Gasteiger partial charge in [-0.3, -0.25) is 0 Å². The topological polar surface area (TPSA) is 23.5 Å². The van der Waals surface area contributed by atoms with Crippen LogP contribution in [-0.2, 0) is 0 Å². The van der Waals surface area contributed by atoms with E-state index in [0.717, 1.165) is 13.1 Å². The van der Waals surface area contributed by atoms with E-state index in [1.54, 1.807) is 0 Å². The number of aliphatic hydroxyl groups excluding tert-OH is 1. The van der Waals surface area contributed by atoms with Crippen molar-refractivity contribution in [2.45, 2.75) is 25.6 Å². The number of likely N-dealkylation sites (N-methyl/N-ethyl adjacent to an activating group) is 1. The number of likely N-dealkylation sites (tertiary alicyclic amines) is 1. The van der Waals surface area contributed by atoms with Gasteiger partial charge in [0.25, 0.3) is 0 Å². The second kappa shape index (κ2) is 3.30. The molecule has 10 heavy (non-hydrogen) atoms. The number of β-amino-alcohol motifs (C(OH)–C–C–N with tert-alkyl or cyclic N) is 1. The van der Waals surface area contributed by atoms with Gasteiger partial charge in [0.1, 0.15) is 6.17 Å². The van der Waals surface area contributed by atoms with Crippen LogP contribution < -0.4 is 0 Å². The first-order chi connectivity index (χ1) is 4.74. The van der Waals surface area contributed by atoms with Gasteiger partial charge in [-0.2, -0.15) is 0 Å². The van der Waals surface area contributed by atoms with Crippen molar-refractivity contribution >= 4 is 0 Å². The van der Waals surface area contributed by atoms with Gasteiger partial charge < -0.3 is 10.0 Å². The molecular weight excluding hydrogens is 133 g/mol. The first-order valence-corrected chi connectivity index (χ1v) is 3.78. The SMILES string of the molecule is CCN1CCC(F)C(O)C1. The number of hydrogen-bond donors (Lipinski definition) is 1. The molecule has 1 fully saturated rings. The van der Waals surface area contributed by atoms with Crippen LogP contribution in [-0.4, -0.2) is 41.9 Å². The highest BCUT2D eigenvalue weighted by atomic mass is 19.1. The van der Waals surface area contributed by atoms with Gasteiger partial charge in [0.15, 0.2) is 0 Å². The normalized spacial score (nSPS) is 36.3. The zero-order chi connectivity index (χ0) is 7.56. The van der Waals surface area contributed by atoms with Crippen molar-refractivity contribution in [1.82, 2.24) is 4.90 Å². The van der Waals surface area contributed by atoms with Gasteiger partial charge in [-0.25, -0.2) is 4.39 Å². The lowest BCUT2D eigenvalue weighted by Gasteiger charge is -2.31. The maximum atomic E-state index is 12.6. The highest BCUT2D eigenvalue weighted by Crippen LogP contribution is 2.13. The predicted octanol–water partition coefficient (Wildman–Crippen LogP) is 0.411. The number of aliphatic hydroxyl groups is 1. The molecule has 1 saturated heterocycles. The fourth-order valence-electron chi connectivity index (χ4n) is 1.26. The minimum atomic E-state index is -0.997. The van der Waals surface area contributed by atoms with Crippen LogP contribution in [0.25, 0.3) is 0 Å². The molecule has 3 heteroatoms. The molecule has 1 aliphatic heterocycles. The largest absolute Gasteiger partial charge is 0.389 e. The molecule has 1 rings (SSSR count). The quantitative estimate of drug-likeness (QED) is 0.580. The average molecular weight is 147 g/mol. The Labute approximate surface area is 60.6 Å². The van der Waals surface area contributed by atoms with E-state index in [0.29, 0.717) is 13.0 Å². The Morgan fingerprint density at radius 3 is 2.90 bits per heavy atom. The van der Waals surface area contributed by atoms with Crippen LogP contribution in [0.4, 0.5) is 4.39 Å². The number of hydrogen-bond acceptors (Lipinski definition) is 2. The van der Waals surface area contributed by atoms with Crippen molar-refractivity contribution in [2.24, 2.45) is 0 Å². The summed E-state index contributed by atoms with van der Waals surface area (Å²) in [6, 6.07) is 0. The summed E-state index contributed by atoms with van der Waals surface area (Å²) < 4.78 is 12.6. The zero-order valence-electron chi connectivity index (χ0n) is 6.26. The minimum Gasteiger partial charge on any atom is -0.389 e. The number of nitrogens with zero attached hydrogens (tertiary/aromatic N) is 1. The highest BCUT2D eigenvalue weighted by Gasteiger charge is 2.25. The summed E-state index contributed by atoms with van der Waals surface area (Å²) >= 11 is 0. The molecule has 0 amide bonds. The summed E-state index contributed by atoms with van der Waals surface area (Å²) in [5.74, 6) is 0. The fourth-order valence-corrected chi connectivity index (χ4v) is 1.26. The third-order valence-corrected chi connectivity index (χ3v) is 2.03. The maximum Gasteiger partial charge on any atom is 0.128 e. The molecule has 0 aromatic rings. The van der Waals surface area contributed by atoms with Crippen molar-refractivity contribution in [3.63, 3.8) is 0 Å². The first-order valence-electron chi connectivity index (χ1n) is 3.78. The van der Waals surface area contributed by atoms with Gasteiger partial charge in [0.2, 0.25) is 0 Å². The number of piperidine rings is 1. The van der Waals surface area contributed by atoms with Crippen molar-refractivity contribution in [1.29, 1.82) is 0 Å². The van der Waals surface area contributed by atoms with Crippen LogP contribution in [0.5, 0.6) is 0 Å². The molecule has 0 radical (unpaired) electrons. The summed E-state index contributed by atoms with van der Waals surface area (Å²) in [5, 5.41) is 9.06. The van der Waals surface area contributed by atoms with Gasteiger partial charge in [0, 0.05) is 13.1 Å². The van der Waals surface area contributed by atoms with Crippen molar-refractivity contribution < 1.29 is 9.50 Å². The van der Waals surface area contributed by atoms with Crippen molar-refractivity contribution in [3.05, 3.63) is 0 Å². The highest BCUT2D eigenvalue weighted by molar-refractivity contribution is 4.78. The lowest BCUT2D eigenvalue weighted by atomic mass is 10.1. The maximum absolute atomic E-state index is 12.6. The standard InChI is InChI=1S/C7H14FNO/c1-2-9-4-3-6(8)7(10)5-9/h6-7,10H,2-5H2,1H3. The molecule has 0 aromatic heterocycles. The Morgan fingerprint density at radius 1 is 1.70 bits per heavy atom. The average Bonchev–Trinajstić information content (AvgIpc) is 1.95. The number of halogens is 1. The molecule has 2 unspecified atom stereocenters. The summed E-state index contributed by atoms with van der Waals surface area (Å²) in [7, 11) is 0. The molecule has 1 heterocycles.